The van der Waals surface area contributed by atoms with Crippen LogP contribution in [0.25, 0.3) is 0 Å². The summed E-state index contributed by atoms with van der Waals surface area (Å²) in [6, 6.07) is 10.7. The Hall–Kier alpha value is -1.19. The first-order valence-electron chi connectivity index (χ1n) is 7.22. The van der Waals surface area contributed by atoms with Crippen LogP contribution in [0.1, 0.15) is 25.3 Å². The lowest BCUT2D eigenvalue weighted by Gasteiger charge is -2.34. The first-order chi connectivity index (χ1) is 9.24. The van der Waals surface area contributed by atoms with Gasteiger partial charge in [-0.2, -0.15) is 0 Å². The first-order valence-corrected chi connectivity index (χ1v) is 7.22. The van der Waals surface area contributed by atoms with Gasteiger partial charge in [0.25, 0.3) is 0 Å². The van der Waals surface area contributed by atoms with Gasteiger partial charge < -0.3 is 9.69 Å². The first kappa shape index (κ1) is 14.2. The summed E-state index contributed by atoms with van der Waals surface area (Å²) in [5, 5.41) is 0. The monoisotopic (exact) mass is 260 g/mol. The highest BCUT2D eigenvalue weighted by Crippen LogP contribution is 2.09. The van der Waals surface area contributed by atoms with Crippen molar-refractivity contribution in [2.24, 2.45) is 0 Å². The summed E-state index contributed by atoms with van der Waals surface area (Å²) in [7, 11) is 0. The van der Waals surface area contributed by atoms with Crippen molar-refractivity contribution in [3.05, 3.63) is 35.9 Å². The summed E-state index contributed by atoms with van der Waals surface area (Å²) < 4.78 is 0. The summed E-state index contributed by atoms with van der Waals surface area (Å²) in [5.41, 5.74) is 1.40. The molecule has 0 saturated carbocycles. The van der Waals surface area contributed by atoms with Gasteiger partial charge in [-0.15, -0.1) is 0 Å². The summed E-state index contributed by atoms with van der Waals surface area (Å²) in [4.78, 5) is 15.9. The Morgan fingerprint density at radius 1 is 1.05 bits per heavy atom. The van der Waals surface area contributed by atoms with Crippen LogP contribution in [0.4, 0.5) is 0 Å². The largest absolute Gasteiger partial charge is 0.301 e. The van der Waals surface area contributed by atoms with E-state index in [2.05, 4.69) is 40.1 Å². The van der Waals surface area contributed by atoms with E-state index in [4.69, 9.17) is 0 Å². The number of carbonyl (C=O) groups excluding carboxylic acids is 1. The fraction of sp³-hybridized carbons (Fsp3) is 0.562. The van der Waals surface area contributed by atoms with E-state index in [0.717, 1.165) is 52.1 Å². The van der Waals surface area contributed by atoms with Crippen LogP contribution in [0.15, 0.2) is 30.3 Å². The van der Waals surface area contributed by atoms with Gasteiger partial charge in [0, 0.05) is 39.1 Å². The van der Waals surface area contributed by atoms with Crippen molar-refractivity contribution in [2.75, 3.05) is 32.7 Å². The van der Waals surface area contributed by atoms with Crippen LogP contribution >= 0.6 is 0 Å². The highest BCUT2D eigenvalue weighted by Gasteiger charge is 2.16. The molecule has 1 aliphatic rings. The minimum atomic E-state index is 0.308. The van der Waals surface area contributed by atoms with E-state index in [-0.39, 0.29) is 0 Å². The molecule has 104 valence electrons. The number of nitrogens with zero attached hydrogens (tertiary/aromatic N) is 2. The lowest BCUT2D eigenvalue weighted by molar-refractivity contribution is -0.117. The average molecular weight is 260 g/mol. The maximum Gasteiger partial charge on any atom is 0.129 e. The van der Waals surface area contributed by atoms with Crippen molar-refractivity contribution in [3.63, 3.8) is 0 Å². The minimum Gasteiger partial charge on any atom is -0.301 e. The van der Waals surface area contributed by atoms with Crippen LogP contribution in [0.5, 0.6) is 0 Å². The summed E-state index contributed by atoms with van der Waals surface area (Å²) in [6.45, 7) is 8.33. The molecule has 0 aliphatic carbocycles. The Labute approximate surface area is 116 Å². The number of ketones is 1. The third-order valence-corrected chi connectivity index (χ3v) is 3.72. The van der Waals surface area contributed by atoms with E-state index in [1.165, 1.54) is 5.56 Å². The van der Waals surface area contributed by atoms with Crippen LogP contribution < -0.4 is 0 Å². The molecule has 1 heterocycles. The fourth-order valence-corrected chi connectivity index (χ4v) is 2.56. The topological polar surface area (TPSA) is 23.6 Å². The van der Waals surface area contributed by atoms with Gasteiger partial charge in [0.05, 0.1) is 0 Å². The zero-order chi connectivity index (χ0) is 13.5. The molecule has 0 N–H and O–H groups in total. The molecule has 0 spiro atoms. The van der Waals surface area contributed by atoms with Gasteiger partial charge >= 0.3 is 0 Å². The van der Waals surface area contributed by atoms with Gasteiger partial charge in [-0.25, -0.2) is 0 Å². The van der Waals surface area contributed by atoms with Gasteiger partial charge in [-0.3, -0.25) is 4.90 Å². The quantitative estimate of drug-likeness (QED) is 0.783. The molecule has 1 aliphatic heterocycles. The Morgan fingerprint density at radius 3 is 2.32 bits per heavy atom. The lowest BCUT2D eigenvalue weighted by atomic mass is 10.2. The van der Waals surface area contributed by atoms with Crippen molar-refractivity contribution in [1.29, 1.82) is 0 Å². The summed E-state index contributed by atoms with van der Waals surface area (Å²) in [5.74, 6) is 0.308. The molecule has 0 amide bonds. The Balaban J connectivity index is 1.66. The standard InChI is InChI=1S/C16H24N2O/c1-15(19)6-5-9-17-10-12-18(13-11-17)14-16-7-3-2-4-8-16/h2-4,7-8H,5-6,9-14H2,1H3. The molecular weight excluding hydrogens is 236 g/mol. The number of hydrogen-bond donors (Lipinski definition) is 0. The molecule has 3 nitrogen and oxygen atoms in total. The number of hydrogen-bond acceptors (Lipinski definition) is 3. The third kappa shape index (κ3) is 5.13. The maximum atomic E-state index is 10.9. The maximum absolute atomic E-state index is 10.9. The Kier molecular flexibility index (Phi) is 5.55. The number of rotatable bonds is 6. The smallest absolute Gasteiger partial charge is 0.129 e. The molecule has 1 saturated heterocycles. The molecule has 0 aromatic heterocycles. The van der Waals surface area contributed by atoms with Crippen molar-refractivity contribution in [2.45, 2.75) is 26.3 Å². The van der Waals surface area contributed by atoms with Crippen LogP contribution in [-0.4, -0.2) is 48.3 Å². The predicted molar refractivity (Wildman–Crippen MR) is 78.1 cm³/mol. The van der Waals surface area contributed by atoms with Gasteiger partial charge in [0.2, 0.25) is 0 Å². The third-order valence-electron chi connectivity index (χ3n) is 3.72. The molecule has 1 fully saturated rings. The Morgan fingerprint density at radius 2 is 1.68 bits per heavy atom. The highest BCUT2D eigenvalue weighted by atomic mass is 16.1. The number of carbonyl (C=O) groups is 1. The average Bonchev–Trinajstić information content (AvgIpc) is 2.42. The van der Waals surface area contributed by atoms with Gasteiger partial charge in [-0.05, 0) is 25.5 Å². The van der Waals surface area contributed by atoms with Crippen LogP contribution in [0.3, 0.4) is 0 Å². The molecular formula is C16H24N2O. The van der Waals surface area contributed by atoms with Crippen LogP contribution in [0, 0.1) is 0 Å². The van der Waals surface area contributed by atoms with E-state index in [1.807, 2.05) is 0 Å². The van der Waals surface area contributed by atoms with E-state index in [1.54, 1.807) is 6.92 Å². The molecule has 1 aromatic rings. The van der Waals surface area contributed by atoms with Crippen LogP contribution in [-0.2, 0) is 11.3 Å². The molecule has 1 aromatic carbocycles. The zero-order valence-corrected chi connectivity index (χ0v) is 11.8. The van der Waals surface area contributed by atoms with E-state index in [9.17, 15) is 4.79 Å². The van der Waals surface area contributed by atoms with Crippen molar-refractivity contribution < 1.29 is 4.79 Å². The Bertz CT molecular complexity index is 383. The second-order valence-electron chi connectivity index (χ2n) is 5.41. The predicted octanol–water partition coefficient (Wildman–Crippen LogP) is 2.17. The number of benzene rings is 1. The lowest BCUT2D eigenvalue weighted by Crippen LogP contribution is -2.46. The fourth-order valence-electron chi connectivity index (χ4n) is 2.56. The SMILES string of the molecule is CC(=O)CCCN1CCN(Cc2ccccc2)CC1. The number of Topliss-reactive ketones (excluding diaryl/α,β-unsaturated/α-hetero) is 1. The summed E-state index contributed by atoms with van der Waals surface area (Å²) in [6.07, 6.45) is 1.73. The van der Waals surface area contributed by atoms with E-state index >= 15 is 0 Å². The molecule has 0 radical (unpaired) electrons. The van der Waals surface area contributed by atoms with E-state index < -0.39 is 0 Å². The van der Waals surface area contributed by atoms with Gasteiger partial charge in [-0.1, -0.05) is 30.3 Å². The van der Waals surface area contributed by atoms with Crippen molar-refractivity contribution in [3.8, 4) is 0 Å². The highest BCUT2D eigenvalue weighted by molar-refractivity contribution is 5.75. The molecule has 0 bridgehead atoms. The summed E-state index contributed by atoms with van der Waals surface area (Å²) >= 11 is 0. The zero-order valence-electron chi connectivity index (χ0n) is 11.8. The second-order valence-corrected chi connectivity index (χ2v) is 5.41. The normalized spacial score (nSPS) is 17.5. The molecule has 0 atom stereocenters. The second kappa shape index (κ2) is 7.41. The van der Waals surface area contributed by atoms with E-state index in [0.29, 0.717) is 5.78 Å². The van der Waals surface area contributed by atoms with Crippen molar-refractivity contribution in [1.82, 2.24) is 9.80 Å². The minimum absolute atomic E-state index is 0.308. The van der Waals surface area contributed by atoms with Gasteiger partial charge in [0.1, 0.15) is 5.78 Å². The molecule has 2 rings (SSSR count). The van der Waals surface area contributed by atoms with Gasteiger partial charge in [0.15, 0.2) is 0 Å². The molecule has 0 unspecified atom stereocenters. The molecule has 3 heteroatoms. The van der Waals surface area contributed by atoms with Crippen molar-refractivity contribution >= 4 is 5.78 Å². The molecule has 19 heavy (non-hydrogen) atoms. The van der Waals surface area contributed by atoms with Crippen LogP contribution in [0.2, 0.25) is 0 Å². The number of piperazine rings is 1.